The zero-order valence-corrected chi connectivity index (χ0v) is 9.38. The average Bonchev–Trinajstić information content (AvgIpc) is 2.51. The second-order valence-corrected chi connectivity index (χ2v) is 4.85. The second kappa shape index (κ2) is 4.12. The van der Waals surface area contributed by atoms with Gasteiger partial charge in [0.25, 0.3) is 0 Å². The normalized spacial score (nSPS) is 15.4. The molecule has 0 aliphatic carbocycles. The monoisotopic (exact) mass is 237 g/mol. The quantitative estimate of drug-likeness (QED) is 0.788. The van der Waals surface area contributed by atoms with Gasteiger partial charge < -0.3 is 10.8 Å². The molecule has 1 aromatic heterocycles. The lowest BCUT2D eigenvalue weighted by Crippen LogP contribution is -2.34. The summed E-state index contributed by atoms with van der Waals surface area (Å²) in [5, 5.41) is 18.2. The highest BCUT2D eigenvalue weighted by molar-refractivity contribution is 7.16. The van der Waals surface area contributed by atoms with E-state index in [1.54, 1.807) is 0 Å². The van der Waals surface area contributed by atoms with Crippen molar-refractivity contribution in [2.45, 2.75) is 13.0 Å². The van der Waals surface area contributed by atoms with Gasteiger partial charge >= 0.3 is 5.97 Å². The van der Waals surface area contributed by atoms with Gasteiger partial charge in [0.2, 0.25) is 0 Å². The van der Waals surface area contributed by atoms with Crippen molar-refractivity contribution in [3.63, 3.8) is 0 Å². The number of thiophene rings is 1. The van der Waals surface area contributed by atoms with Crippen molar-refractivity contribution in [3.05, 3.63) is 16.0 Å². The zero-order chi connectivity index (χ0) is 11.7. The van der Waals surface area contributed by atoms with Crippen molar-refractivity contribution in [1.29, 1.82) is 5.26 Å². The van der Waals surface area contributed by atoms with Crippen LogP contribution in [0.3, 0.4) is 0 Å². The predicted molar refractivity (Wildman–Crippen MR) is 60.1 cm³/mol. The first-order valence-electron chi connectivity index (χ1n) is 4.86. The van der Waals surface area contributed by atoms with E-state index in [0.29, 0.717) is 30.1 Å². The molecule has 0 radical (unpaired) electrons. The third kappa shape index (κ3) is 1.87. The number of fused-ring (bicyclic) bond motifs is 1. The Morgan fingerprint density at radius 3 is 3.06 bits per heavy atom. The van der Waals surface area contributed by atoms with E-state index < -0.39 is 5.97 Å². The standard InChI is InChI=1S/C10H11N3O2S/c11-3-7-6-1-2-13(5-9(14)15)4-8(6)16-10(7)12/h1-2,4-5,12H2,(H,14,15). The highest BCUT2D eigenvalue weighted by Crippen LogP contribution is 2.34. The van der Waals surface area contributed by atoms with E-state index in [0.717, 1.165) is 10.4 Å². The van der Waals surface area contributed by atoms with Crippen LogP contribution in [0.1, 0.15) is 16.0 Å². The molecule has 2 rings (SSSR count). The summed E-state index contributed by atoms with van der Waals surface area (Å²) in [6, 6.07) is 2.11. The molecule has 0 saturated heterocycles. The Balaban J connectivity index is 2.23. The van der Waals surface area contributed by atoms with Crippen LogP contribution in [-0.2, 0) is 17.8 Å². The number of anilines is 1. The first-order valence-corrected chi connectivity index (χ1v) is 5.67. The topological polar surface area (TPSA) is 90.4 Å². The molecular weight excluding hydrogens is 226 g/mol. The van der Waals surface area contributed by atoms with Gasteiger partial charge in [-0.1, -0.05) is 0 Å². The number of nitrogens with two attached hydrogens (primary N) is 1. The van der Waals surface area contributed by atoms with E-state index in [1.165, 1.54) is 11.3 Å². The summed E-state index contributed by atoms with van der Waals surface area (Å²) in [6.45, 7) is 1.29. The first-order chi connectivity index (χ1) is 7.61. The molecule has 0 bridgehead atoms. The molecule has 1 aliphatic rings. The maximum atomic E-state index is 10.6. The summed E-state index contributed by atoms with van der Waals surface area (Å²) >= 11 is 1.39. The van der Waals surface area contributed by atoms with Gasteiger partial charge in [-0.3, -0.25) is 9.69 Å². The van der Waals surface area contributed by atoms with Gasteiger partial charge in [0.05, 0.1) is 12.1 Å². The smallest absolute Gasteiger partial charge is 0.317 e. The lowest BCUT2D eigenvalue weighted by Gasteiger charge is -2.24. The first kappa shape index (κ1) is 10.9. The number of carboxylic acids is 1. The van der Waals surface area contributed by atoms with Crippen LogP contribution in [0.2, 0.25) is 0 Å². The van der Waals surface area contributed by atoms with Gasteiger partial charge in [0.15, 0.2) is 0 Å². The fraction of sp³-hybridized carbons (Fsp3) is 0.400. The molecule has 0 saturated carbocycles. The van der Waals surface area contributed by atoms with Crippen molar-refractivity contribution >= 4 is 22.3 Å². The molecule has 1 aromatic rings. The number of hydrogen-bond acceptors (Lipinski definition) is 5. The lowest BCUT2D eigenvalue weighted by atomic mass is 10.0. The minimum absolute atomic E-state index is 0.0408. The van der Waals surface area contributed by atoms with Crippen LogP contribution in [0.5, 0.6) is 0 Å². The van der Waals surface area contributed by atoms with E-state index in [1.807, 2.05) is 4.90 Å². The van der Waals surface area contributed by atoms with Crippen LogP contribution in [0.25, 0.3) is 0 Å². The van der Waals surface area contributed by atoms with Gasteiger partial charge in [-0.2, -0.15) is 5.26 Å². The van der Waals surface area contributed by atoms with Crippen LogP contribution in [0.15, 0.2) is 0 Å². The number of nitrogen functional groups attached to an aromatic ring is 1. The molecule has 6 heteroatoms. The highest BCUT2D eigenvalue weighted by atomic mass is 32.1. The molecule has 0 unspecified atom stereocenters. The Kier molecular flexibility index (Phi) is 2.81. The molecule has 0 fully saturated rings. The van der Waals surface area contributed by atoms with Crippen molar-refractivity contribution in [2.75, 3.05) is 18.8 Å². The Hall–Kier alpha value is -1.58. The number of nitriles is 1. The van der Waals surface area contributed by atoms with Crippen LogP contribution >= 0.6 is 11.3 Å². The molecule has 0 aromatic carbocycles. The summed E-state index contributed by atoms with van der Waals surface area (Å²) in [4.78, 5) is 13.5. The molecule has 2 heterocycles. The highest BCUT2D eigenvalue weighted by Gasteiger charge is 2.24. The van der Waals surface area contributed by atoms with Gasteiger partial charge in [-0.05, 0) is 12.0 Å². The van der Waals surface area contributed by atoms with Gasteiger partial charge in [-0.15, -0.1) is 11.3 Å². The largest absolute Gasteiger partial charge is 0.480 e. The third-order valence-corrected chi connectivity index (χ3v) is 3.68. The summed E-state index contributed by atoms with van der Waals surface area (Å²) < 4.78 is 0. The molecule has 1 aliphatic heterocycles. The molecule has 0 amide bonds. The van der Waals surface area contributed by atoms with Crippen molar-refractivity contribution < 1.29 is 9.90 Å². The van der Waals surface area contributed by atoms with Crippen LogP contribution in [0, 0.1) is 11.3 Å². The molecule has 16 heavy (non-hydrogen) atoms. The van der Waals surface area contributed by atoms with Crippen molar-refractivity contribution in [2.24, 2.45) is 0 Å². The van der Waals surface area contributed by atoms with Crippen LogP contribution in [0.4, 0.5) is 5.00 Å². The average molecular weight is 237 g/mol. The maximum Gasteiger partial charge on any atom is 0.317 e. The van der Waals surface area contributed by atoms with Gasteiger partial charge in [-0.25, -0.2) is 0 Å². The number of carbonyl (C=O) groups is 1. The third-order valence-electron chi connectivity index (χ3n) is 2.63. The fourth-order valence-corrected chi connectivity index (χ4v) is 3.04. The number of carboxylic acid groups (broad SMARTS) is 1. The van der Waals surface area contributed by atoms with E-state index in [4.69, 9.17) is 16.1 Å². The Morgan fingerprint density at radius 2 is 2.44 bits per heavy atom. The van der Waals surface area contributed by atoms with Gasteiger partial charge in [0, 0.05) is 18.0 Å². The second-order valence-electron chi connectivity index (χ2n) is 3.71. The Bertz CT molecular complexity index is 475. The number of nitrogens with zero attached hydrogens (tertiary/aromatic N) is 2. The minimum atomic E-state index is -0.825. The SMILES string of the molecule is N#Cc1c(N)sc2c1CCN(CC(=O)O)C2. The van der Waals surface area contributed by atoms with Crippen LogP contribution in [-0.4, -0.2) is 29.1 Å². The summed E-state index contributed by atoms with van der Waals surface area (Å²) in [5.41, 5.74) is 7.32. The van der Waals surface area contributed by atoms with E-state index in [2.05, 4.69) is 6.07 Å². The minimum Gasteiger partial charge on any atom is -0.480 e. The Morgan fingerprint density at radius 1 is 1.69 bits per heavy atom. The zero-order valence-electron chi connectivity index (χ0n) is 8.56. The molecule has 0 atom stereocenters. The predicted octanol–water partition coefficient (Wildman–Crippen LogP) is 0.645. The van der Waals surface area contributed by atoms with Crippen molar-refractivity contribution in [3.8, 4) is 6.07 Å². The number of hydrogen-bond donors (Lipinski definition) is 2. The molecule has 84 valence electrons. The van der Waals surface area contributed by atoms with E-state index >= 15 is 0 Å². The molecule has 3 N–H and O–H groups in total. The van der Waals surface area contributed by atoms with Crippen LogP contribution < -0.4 is 5.73 Å². The fourth-order valence-electron chi connectivity index (χ4n) is 1.93. The number of rotatable bonds is 2. The molecular formula is C10H11N3O2S. The van der Waals surface area contributed by atoms with E-state index in [9.17, 15) is 4.79 Å². The van der Waals surface area contributed by atoms with Crippen molar-refractivity contribution in [1.82, 2.24) is 4.90 Å². The summed E-state index contributed by atoms with van der Waals surface area (Å²) in [6.07, 6.45) is 0.708. The Labute approximate surface area is 96.7 Å². The lowest BCUT2D eigenvalue weighted by molar-refractivity contribution is -0.138. The van der Waals surface area contributed by atoms with Gasteiger partial charge in [0.1, 0.15) is 11.1 Å². The molecule has 0 spiro atoms. The molecule has 5 nitrogen and oxygen atoms in total. The summed E-state index contributed by atoms with van der Waals surface area (Å²) in [7, 11) is 0. The number of aliphatic carboxylic acids is 1. The summed E-state index contributed by atoms with van der Waals surface area (Å²) in [5.74, 6) is -0.825. The maximum absolute atomic E-state index is 10.6. The van der Waals surface area contributed by atoms with E-state index in [-0.39, 0.29) is 6.54 Å².